The molecule has 1 amide bonds. The zero-order valence-electron chi connectivity index (χ0n) is 13.5. The summed E-state index contributed by atoms with van der Waals surface area (Å²) in [7, 11) is 1.67. The van der Waals surface area contributed by atoms with Crippen LogP contribution in [0.1, 0.15) is 44.2 Å². The Morgan fingerprint density at radius 3 is 3.05 bits per heavy atom. The molecule has 0 bridgehead atoms. The molecule has 2 fully saturated rings. The molecule has 120 valence electrons. The van der Waals surface area contributed by atoms with E-state index in [1.165, 1.54) is 12.8 Å². The largest absolute Gasteiger partial charge is 0.496 e. The van der Waals surface area contributed by atoms with Crippen LogP contribution < -0.4 is 15.4 Å². The molecule has 1 aromatic rings. The molecule has 4 nitrogen and oxygen atoms in total. The fourth-order valence-electron chi connectivity index (χ4n) is 4.13. The summed E-state index contributed by atoms with van der Waals surface area (Å²) in [6.07, 6.45) is 4.59. The van der Waals surface area contributed by atoms with Gasteiger partial charge in [-0.2, -0.15) is 0 Å². The highest BCUT2D eigenvalue weighted by Crippen LogP contribution is 2.44. The predicted octanol–water partition coefficient (Wildman–Crippen LogP) is 2.65. The van der Waals surface area contributed by atoms with Gasteiger partial charge in [-0.15, -0.1) is 0 Å². The number of hydrogen-bond donors (Lipinski definition) is 2. The maximum atomic E-state index is 13.0. The van der Waals surface area contributed by atoms with Gasteiger partial charge in [0.2, 0.25) is 5.91 Å². The van der Waals surface area contributed by atoms with Crippen LogP contribution in [0.2, 0.25) is 0 Å². The molecule has 1 aromatic carbocycles. The van der Waals surface area contributed by atoms with Crippen molar-refractivity contribution in [1.29, 1.82) is 0 Å². The number of para-hydroxylation sites is 1. The second kappa shape index (κ2) is 6.29. The maximum absolute atomic E-state index is 13.0. The van der Waals surface area contributed by atoms with Crippen molar-refractivity contribution in [2.45, 2.75) is 38.6 Å². The van der Waals surface area contributed by atoms with E-state index in [0.717, 1.165) is 37.2 Å². The zero-order valence-corrected chi connectivity index (χ0v) is 13.5. The summed E-state index contributed by atoms with van der Waals surface area (Å²) in [5.74, 6) is 1.53. The Balaban J connectivity index is 1.76. The smallest absolute Gasteiger partial charge is 0.228 e. The van der Waals surface area contributed by atoms with Crippen LogP contribution in [0.5, 0.6) is 5.75 Å². The number of amides is 1. The number of benzene rings is 1. The monoisotopic (exact) mass is 302 g/mol. The molecule has 1 saturated heterocycles. The van der Waals surface area contributed by atoms with Crippen LogP contribution in [0.4, 0.5) is 0 Å². The fraction of sp³-hybridized carbons (Fsp3) is 0.611. The molecule has 0 radical (unpaired) electrons. The molecule has 1 aliphatic carbocycles. The minimum Gasteiger partial charge on any atom is -0.496 e. The van der Waals surface area contributed by atoms with Crippen LogP contribution in [-0.4, -0.2) is 26.1 Å². The number of carbonyl (C=O) groups is 1. The van der Waals surface area contributed by atoms with Crippen LogP contribution in [0, 0.1) is 11.3 Å². The molecule has 2 N–H and O–H groups in total. The van der Waals surface area contributed by atoms with Crippen molar-refractivity contribution in [3.05, 3.63) is 29.8 Å². The van der Waals surface area contributed by atoms with Gasteiger partial charge in [0.1, 0.15) is 5.75 Å². The van der Waals surface area contributed by atoms with Gasteiger partial charge < -0.3 is 15.4 Å². The first-order valence-corrected chi connectivity index (χ1v) is 8.32. The summed E-state index contributed by atoms with van der Waals surface area (Å²) in [6, 6.07) is 7.86. The molecule has 4 heteroatoms. The van der Waals surface area contributed by atoms with Gasteiger partial charge in [0, 0.05) is 12.1 Å². The molecule has 0 spiro atoms. The lowest BCUT2D eigenvalue weighted by Crippen LogP contribution is -2.48. The molecular formula is C18H26N2O2. The summed E-state index contributed by atoms with van der Waals surface area (Å²) in [5, 5.41) is 6.68. The lowest BCUT2D eigenvalue weighted by atomic mass is 9.67. The van der Waals surface area contributed by atoms with Crippen LogP contribution in [-0.2, 0) is 4.79 Å². The molecule has 2 aliphatic rings. The summed E-state index contributed by atoms with van der Waals surface area (Å²) in [4.78, 5) is 13.0. The first-order valence-electron chi connectivity index (χ1n) is 8.32. The van der Waals surface area contributed by atoms with Crippen molar-refractivity contribution >= 4 is 5.91 Å². The van der Waals surface area contributed by atoms with Gasteiger partial charge in [-0.1, -0.05) is 31.0 Å². The molecule has 3 rings (SSSR count). The van der Waals surface area contributed by atoms with Crippen molar-refractivity contribution in [3.63, 3.8) is 0 Å². The van der Waals surface area contributed by atoms with E-state index in [4.69, 9.17) is 4.74 Å². The van der Waals surface area contributed by atoms with Gasteiger partial charge in [-0.3, -0.25) is 4.79 Å². The lowest BCUT2D eigenvalue weighted by molar-refractivity contribution is -0.134. The van der Waals surface area contributed by atoms with Gasteiger partial charge >= 0.3 is 0 Å². The van der Waals surface area contributed by atoms with Crippen molar-refractivity contribution in [1.82, 2.24) is 10.6 Å². The molecule has 1 aliphatic heterocycles. The molecule has 3 atom stereocenters. The summed E-state index contributed by atoms with van der Waals surface area (Å²) < 4.78 is 5.41. The van der Waals surface area contributed by atoms with Gasteiger partial charge in [0.25, 0.3) is 0 Å². The third kappa shape index (κ3) is 2.60. The standard InChI is InChI=1S/C18H26N2O2/c1-13(15-8-3-4-9-16(15)22-2)20-17(21)18-10-6-5-7-14(18)11-19-12-18/h3-4,8-9,13-14,19H,5-7,10-12H2,1-2H3,(H,20,21)/t13?,14-,18+/m0/s1. The Morgan fingerprint density at radius 2 is 2.23 bits per heavy atom. The fourth-order valence-corrected chi connectivity index (χ4v) is 4.13. The Hall–Kier alpha value is -1.55. The zero-order chi connectivity index (χ0) is 15.6. The van der Waals surface area contributed by atoms with Crippen LogP contribution in [0.3, 0.4) is 0 Å². The predicted molar refractivity (Wildman–Crippen MR) is 86.8 cm³/mol. The third-order valence-electron chi connectivity index (χ3n) is 5.44. The average molecular weight is 302 g/mol. The van der Waals surface area contributed by atoms with E-state index in [2.05, 4.69) is 10.6 Å². The second-order valence-corrected chi connectivity index (χ2v) is 6.67. The topological polar surface area (TPSA) is 50.4 Å². The highest BCUT2D eigenvalue weighted by molar-refractivity contribution is 5.84. The second-order valence-electron chi connectivity index (χ2n) is 6.67. The minimum atomic E-state index is -0.200. The van der Waals surface area contributed by atoms with E-state index < -0.39 is 0 Å². The number of fused-ring (bicyclic) bond motifs is 1. The van der Waals surface area contributed by atoms with Gasteiger partial charge in [0.15, 0.2) is 0 Å². The first-order chi connectivity index (χ1) is 10.7. The van der Waals surface area contributed by atoms with E-state index in [-0.39, 0.29) is 17.4 Å². The molecule has 1 unspecified atom stereocenters. The maximum Gasteiger partial charge on any atom is 0.228 e. The Kier molecular flexibility index (Phi) is 4.39. The first kappa shape index (κ1) is 15.3. The summed E-state index contributed by atoms with van der Waals surface area (Å²) in [5.41, 5.74) is 0.835. The van der Waals surface area contributed by atoms with Gasteiger partial charge in [-0.05, 0) is 38.3 Å². The van der Waals surface area contributed by atoms with Crippen molar-refractivity contribution in [2.75, 3.05) is 20.2 Å². The van der Waals surface area contributed by atoms with Crippen LogP contribution in [0.15, 0.2) is 24.3 Å². The van der Waals surface area contributed by atoms with Crippen molar-refractivity contribution in [3.8, 4) is 5.75 Å². The number of methoxy groups -OCH3 is 1. The quantitative estimate of drug-likeness (QED) is 0.899. The summed E-state index contributed by atoms with van der Waals surface area (Å²) >= 11 is 0. The number of ether oxygens (including phenoxy) is 1. The van der Waals surface area contributed by atoms with Crippen molar-refractivity contribution < 1.29 is 9.53 Å². The van der Waals surface area contributed by atoms with E-state index in [1.54, 1.807) is 7.11 Å². The molecule has 1 heterocycles. The third-order valence-corrected chi connectivity index (χ3v) is 5.44. The van der Waals surface area contributed by atoms with Crippen molar-refractivity contribution in [2.24, 2.45) is 11.3 Å². The Bertz CT molecular complexity index is 546. The summed E-state index contributed by atoms with van der Waals surface area (Å²) in [6.45, 7) is 3.84. The average Bonchev–Trinajstić information content (AvgIpc) is 3.00. The highest BCUT2D eigenvalue weighted by atomic mass is 16.5. The lowest BCUT2D eigenvalue weighted by Gasteiger charge is -2.38. The highest BCUT2D eigenvalue weighted by Gasteiger charge is 2.50. The molecule has 22 heavy (non-hydrogen) atoms. The van der Waals surface area contributed by atoms with E-state index in [0.29, 0.717) is 5.92 Å². The Labute approximate surface area is 132 Å². The van der Waals surface area contributed by atoms with E-state index >= 15 is 0 Å². The number of rotatable bonds is 4. The van der Waals surface area contributed by atoms with Crippen LogP contribution >= 0.6 is 0 Å². The SMILES string of the molecule is COc1ccccc1C(C)NC(=O)[C@@]12CCCC[C@H]1CNC2. The molecular weight excluding hydrogens is 276 g/mol. The van der Waals surface area contributed by atoms with Gasteiger partial charge in [0.05, 0.1) is 18.6 Å². The van der Waals surface area contributed by atoms with E-state index in [9.17, 15) is 4.79 Å². The number of hydrogen-bond acceptors (Lipinski definition) is 3. The normalized spacial score (nSPS) is 28.7. The minimum absolute atomic E-state index is 0.0406. The molecule has 0 aromatic heterocycles. The number of nitrogens with one attached hydrogen (secondary N) is 2. The van der Waals surface area contributed by atoms with E-state index in [1.807, 2.05) is 31.2 Å². The van der Waals surface area contributed by atoms with Crippen LogP contribution in [0.25, 0.3) is 0 Å². The molecule has 1 saturated carbocycles. The Morgan fingerprint density at radius 1 is 1.41 bits per heavy atom. The number of carbonyl (C=O) groups excluding carboxylic acids is 1. The van der Waals surface area contributed by atoms with Gasteiger partial charge in [-0.25, -0.2) is 0 Å².